The third-order valence-electron chi connectivity index (χ3n) is 2.52. The minimum Gasteiger partial charge on any atom is -0.420 e. The first-order chi connectivity index (χ1) is 8.99. The van der Waals surface area contributed by atoms with Gasteiger partial charge in [-0.3, -0.25) is 0 Å². The number of hydrogen-bond donors (Lipinski definition) is 0. The van der Waals surface area contributed by atoms with E-state index in [2.05, 4.69) is 15.9 Å². The molecule has 0 aliphatic rings. The summed E-state index contributed by atoms with van der Waals surface area (Å²) in [6, 6.07) is 10.3. The van der Waals surface area contributed by atoms with Crippen LogP contribution in [0.1, 0.15) is 15.9 Å². The molecule has 2 nitrogen and oxygen atoms in total. The molecule has 0 spiro atoms. The molecule has 0 N–H and O–H groups in total. The van der Waals surface area contributed by atoms with Crippen molar-refractivity contribution in [1.29, 1.82) is 0 Å². The smallest absolute Gasteiger partial charge is 0.343 e. The molecule has 0 fully saturated rings. The summed E-state index contributed by atoms with van der Waals surface area (Å²) in [6.45, 7) is 1.84. The van der Waals surface area contributed by atoms with Gasteiger partial charge in [0.1, 0.15) is 0 Å². The summed E-state index contributed by atoms with van der Waals surface area (Å²) in [4.78, 5) is 12.1. The van der Waals surface area contributed by atoms with Crippen LogP contribution < -0.4 is 4.74 Å². The summed E-state index contributed by atoms with van der Waals surface area (Å²) < 4.78 is 5.86. The molecule has 19 heavy (non-hydrogen) atoms. The van der Waals surface area contributed by atoms with Gasteiger partial charge in [-0.1, -0.05) is 41.4 Å². The van der Waals surface area contributed by atoms with Gasteiger partial charge in [-0.25, -0.2) is 4.79 Å². The Morgan fingerprint density at radius 3 is 2.53 bits per heavy atom. The Hall–Kier alpha value is -1.03. The Bertz CT molecular complexity index is 618. The molecule has 0 saturated carbocycles. The van der Waals surface area contributed by atoms with Crippen molar-refractivity contribution < 1.29 is 9.53 Å². The summed E-state index contributed by atoms with van der Waals surface area (Å²) in [5, 5.41) is 0.744. The molecule has 0 aromatic heterocycles. The lowest BCUT2D eigenvalue weighted by Gasteiger charge is -2.10. The van der Waals surface area contributed by atoms with Gasteiger partial charge in [0, 0.05) is 5.02 Å². The van der Waals surface area contributed by atoms with Crippen LogP contribution in [0.15, 0.2) is 40.9 Å². The Morgan fingerprint density at radius 1 is 1.21 bits per heavy atom. The van der Waals surface area contributed by atoms with Crippen LogP contribution in [0.25, 0.3) is 0 Å². The minimum atomic E-state index is -0.456. The van der Waals surface area contributed by atoms with E-state index in [4.69, 9.17) is 27.9 Å². The predicted molar refractivity (Wildman–Crippen MR) is 80.3 cm³/mol. The van der Waals surface area contributed by atoms with Gasteiger partial charge in [0.2, 0.25) is 0 Å². The molecule has 0 bridgehead atoms. The lowest BCUT2D eigenvalue weighted by atomic mass is 10.1. The van der Waals surface area contributed by atoms with E-state index in [0.29, 0.717) is 15.1 Å². The Morgan fingerprint density at radius 2 is 1.89 bits per heavy atom. The molecule has 2 aromatic rings. The van der Waals surface area contributed by atoms with E-state index in [9.17, 15) is 4.79 Å². The highest BCUT2D eigenvalue weighted by atomic mass is 79.9. The third kappa shape index (κ3) is 3.30. The Balaban J connectivity index is 2.32. The van der Waals surface area contributed by atoms with Crippen molar-refractivity contribution in [2.75, 3.05) is 0 Å². The maximum Gasteiger partial charge on any atom is 0.343 e. The number of ether oxygens (including phenoxy) is 1. The zero-order valence-electron chi connectivity index (χ0n) is 9.91. The number of hydrogen-bond acceptors (Lipinski definition) is 2. The highest BCUT2D eigenvalue weighted by Gasteiger charge is 2.16. The molecular weight excluding hydrogens is 351 g/mol. The van der Waals surface area contributed by atoms with Crippen LogP contribution in [0.4, 0.5) is 0 Å². The van der Waals surface area contributed by atoms with Gasteiger partial charge in [0.15, 0.2) is 5.75 Å². The first-order valence-electron chi connectivity index (χ1n) is 5.41. The van der Waals surface area contributed by atoms with Gasteiger partial charge in [-0.15, -0.1) is 0 Å². The largest absolute Gasteiger partial charge is 0.420 e. The maximum atomic E-state index is 12.1. The van der Waals surface area contributed by atoms with E-state index in [1.807, 2.05) is 19.1 Å². The lowest BCUT2D eigenvalue weighted by Crippen LogP contribution is -2.10. The molecule has 2 rings (SSSR count). The van der Waals surface area contributed by atoms with Crippen molar-refractivity contribution in [3.63, 3.8) is 0 Å². The molecule has 5 heteroatoms. The average Bonchev–Trinajstić information content (AvgIpc) is 2.34. The topological polar surface area (TPSA) is 26.3 Å². The average molecular weight is 360 g/mol. The predicted octanol–water partition coefficient (Wildman–Crippen LogP) is 5.28. The van der Waals surface area contributed by atoms with E-state index >= 15 is 0 Å². The fourth-order valence-corrected chi connectivity index (χ4v) is 2.90. The summed E-state index contributed by atoms with van der Waals surface area (Å²) >= 11 is 15.1. The highest BCUT2D eigenvalue weighted by Crippen LogP contribution is 2.36. The van der Waals surface area contributed by atoms with E-state index in [-0.39, 0.29) is 10.8 Å². The van der Waals surface area contributed by atoms with Crippen LogP contribution in [0.3, 0.4) is 0 Å². The maximum absolute atomic E-state index is 12.1. The van der Waals surface area contributed by atoms with Crippen molar-refractivity contribution >= 4 is 45.1 Å². The molecule has 0 amide bonds. The molecule has 0 radical (unpaired) electrons. The normalized spacial score (nSPS) is 10.3. The molecule has 0 saturated heterocycles. The zero-order valence-corrected chi connectivity index (χ0v) is 13.0. The third-order valence-corrected chi connectivity index (χ3v) is 3.61. The summed E-state index contributed by atoms with van der Waals surface area (Å²) in [7, 11) is 0. The standard InChI is InChI=1S/C14H9BrCl2O2/c1-8-4-2-3-5-10(8)14(18)19-13-11(15)6-9(16)7-12(13)17/h2-7H,1H3. The van der Waals surface area contributed by atoms with Crippen molar-refractivity contribution in [1.82, 2.24) is 0 Å². The van der Waals surface area contributed by atoms with Crippen LogP contribution in [0.2, 0.25) is 10.0 Å². The van der Waals surface area contributed by atoms with Gasteiger partial charge in [-0.05, 0) is 46.6 Å². The van der Waals surface area contributed by atoms with Crippen LogP contribution in [0, 0.1) is 6.92 Å². The Kier molecular flexibility index (Phi) is 4.50. The monoisotopic (exact) mass is 358 g/mol. The number of benzene rings is 2. The molecule has 2 aromatic carbocycles. The summed E-state index contributed by atoms with van der Waals surface area (Å²) in [6.07, 6.45) is 0. The molecule has 0 aliphatic carbocycles. The first-order valence-corrected chi connectivity index (χ1v) is 6.96. The first kappa shape index (κ1) is 14.4. The van der Waals surface area contributed by atoms with Crippen LogP contribution in [0.5, 0.6) is 5.75 Å². The van der Waals surface area contributed by atoms with Crippen LogP contribution in [-0.2, 0) is 0 Å². The number of carbonyl (C=O) groups excluding carboxylic acids is 1. The summed E-state index contributed by atoms with van der Waals surface area (Å²) in [5.74, 6) is -0.192. The van der Waals surface area contributed by atoms with Crippen LogP contribution in [-0.4, -0.2) is 5.97 Å². The van der Waals surface area contributed by atoms with E-state index in [1.54, 1.807) is 18.2 Å². The molecule has 0 aliphatic heterocycles. The van der Waals surface area contributed by atoms with Gasteiger partial charge in [0.05, 0.1) is 15.1 Å². The van der Waals surface area contributed by atoms with E-state index < -0.39 is 5.97 Å². The second-order valence-electron chi connectivity index (χ2n) is 3.90. The molecular formula is C14H9BrCl2O2. The molecule has 0 heterocycles. The number of aryl methyl sites for hydroxylation is 1. The molecule has 0 unspecified atom stereocenters. The van der Waals surface area contributed by atoms with Crippen molar-refractivity contribution in [2.24, 2.45) is 0 Å². The van der Waals surface area contributed by atoms with E-state index in [1.165, 1.54) is 6.07 Å². The molecule has 0 atom stereocenters. The SMILES string of the molecule is Cc1ccccc1C(=O)Oc1c(Cl)cc(Cl)cc1Br. The zero-order chi connectivity index (χ0) is 14.0. The fourth-order valence-electron chi connectivity index (χ4n) is 1.58. The van der Waals surface area contributed by atoms with Gasteiger partial charge in [-0.2, -0.15) is 0 Å². The van der Waals surface area contributed by atoms with Gasteiger partial charge >= 0.3 is 5.97 Å². The number of esters is 1. The van der Waals surface area contributed by atoms with Crippen molar-refractivity contribution in [3.05, 3.63) is 62.0 Å². The quantitative estimate of drug-likeness (QED) is 0.538. The van der Waals surface area contributed by atoms with Gasteiger partial charge < -0.3 is 4.74 Å². The number of halogens is 3. The number of rotatable bonds is 2. The second-order valence-corrected chi connectivity index (χ2v) is 5.60. The summed E-state index contributed by atoms with van der Waals surface area (Å²) in [5.41, 5.74) is 1.34. The highest BCUT2D eigenvalue weighted by molar-refractivity contribution is 9.10. The molecule has 98 valence electrons. The van der Waals surface area contributed by atoms with Crippen molar-refractivity contribution in [2.45, 2.75) is 6.92 Å². The van der Waals surface area contributed by atoms with Crippen molar-refractivity contribution in [3.8, 4) is 5.75 Å². The minimum absolute atomic E-state index is 0.263. The van der Waals surface area contributed by atoms with Gasteiger partial charge in [0.25, 0.3) is 0 Å². The second kappa shape index (κ2) is 5.95. The fraction of sp³-hybridized carbons (Fsp3) is 0.0714. The number of carbonyl (C=O) groups is 1. The van der Waals surface area contributed by atoms with E-state index in [0.717, 1.165) is 5.56 Å². The van der Waals surface area contributed by atoms with Crippen LogP contribution >= 0.6 is 39.1 Å². The lowest BCUT2D eigenvalue weighted by molar-refractivity contribution is 0.0733. The Labute approximate surface area is 129 Å².